The number of rotatable bonds is 8. The SMILES string of the molecule is CC(C)N(C)CCNCc1cccc(NC(=O)c2ccccc2Cl)c1. The van der Waals surface area contributed by atoms with E-state index in [1.165, 1.54) is 0 Å². The third kappa shape index (κ3) is 6.16. The van der Waals surface area contributed by atoms with Crippen molar-refractivity contribution in [2.24, 2.45) is 0 Å². The molecular formula is C20H26ClN3O. The molecule has 2 aromatic carbocycles. The van der Waals surface area contributed by atoms with E-state index in [4.69, 9.17) is 11.6 Å². The summed E-state index contributed by atoms with van der Waals surface area (Å²) in [6.07, 6.45) is 0. The van der Waals surface area contributed by atoms with Crippen molar-refractivity contribution in [3.63, 3.8) is 0 Å². The predicted molar refractivity (Wildman–Crippen MR) is 105 cm³/mol. The van der Waals surface area contributed by atoms with Crippen molar-refractivity contribution in [1.29, 1.82) is 0 Å². The van der Waals surface area contributed by atoms with Gasteiger partial charge in [0.15, 0.2) is 0 Å². The highest BCUT2D eigenvalue weighted by Crippen LogP contribution is 2.18. The maximum absolute atomic E-state index is 12.3. The third-order valence-corrected chi connectivity index (χ3v) is 4.48. The number of hydrogen-bond donors (Lipinski definition) is 2. The average Bonchev–Trinajstić information content (AvgIpc) is 2.59. The zero-order valence-corrected chi connectivity index (χ0v) is 15.8. The van der Waals surface area contributed by atoms with Crippen LogP contribution in [0.1, 0.15) is 29.8 Å². The Labute approximate surface area is 155 Å². The summed E-state index contributed by atoms with van der Waals surface area (Å²) in [5, 5.41) is 6.79. The molecular weight excluding hydrogens is 334 g/mol. The van der Waals surface area contributed by atoms with E-state index >= 15 is 0 Å². The fourth-order valence-electron chi connectivity index (χ4n) is 2.35. The first kappa shape index (κ1) is 19.4. The first-order valence-electron chi connectivity index (χ1n) is 8.53. The number of likely N-dealkylation sites (N-methyl/N-ethyl adjacent to an activating group) is 1. The first-order valence-corrected chi connectivity index (χ1v) is 8.91. The van der Waals surface area contributed by atoms with Crippen LogP contribution in [0.15, 0.2) is 48.5 Å². The highest BCUT2D eigenvalue weighted by Gasteiger charge is 2.10. The Morgan fingerprint density at radius 2 is 1.92 bits per heavy atom. The number of anilines is 1. The van der Waals surface area contributed by atoms with Crippen LogP contribution in [0.4, 0.5) is 5.69 Å². The van der Waals surface area contributed by atoms with Crippen LogP contribution in [0.2, 0.25) is 5.02 Å². The minimum Gasteiger partial charge on any atom is -0.322 e. The van der Waals surface area contributed by atoms with Gasteiger partial charge in [-0.1, -0.05) is 35.9 Å². The largest absolute Gasteiger partial charge is 0.322 e. The van der Waals surface area contributed by atoms with E-state index in [1.807, 2.05) is 30.3 Å². The van der Waals surface area contributed by atoms with E-state index < -0.39 is 0 Å². The summed E-state index contributed by atoms with van der Waals surface area (Å²) in [5.41, 5.74) is 2.37. The Bertz CT molecular complexity index is 703. The minimum atomic E-state index is -0.200. The standard InChI is InChI=1S/C20H26ClN3O/c1-15(2)24(3)12-11-22-14-16-7-6-8-17(13-16)23-20(25)18-9-4-5-10-19(18)21/h4-10,13,15,22H,11-12,14H2,1-3H3,(H,23,25). The Morgan fingerprint density at radius 3 is 2.64 bits per heavy atom. The molecule has 0 aromatic heterocycles. The van der Waals surface area contributed by atoms with Gasteiger partial charge in [0.25, 0.3) is 5.91 Å². The lowest BCUT2D eigenvalue weighted by molar-refractivity contribution is 0.102. The smallest absolute Gasteiger partial charge is 0.257 e. The van der Waals surface area contributed by atoms with Gasteiger partial charge in [0, 0.05) is 31.4 Å². The number of hydrogen-bond acceptors (Lipinski definition) is 3. The Morgan fingerprint density at radius 1 is 1.16 bits per heavy atom. The summed E-state index contributed by atoms with van der Waals surface area (Å²) < 4.78 is 0. The normalized spacial score (nSPS) is 11.1. The van der Waals surface area contributed by atoms with E-state index in [9.17, 15) is 4.79 Å². The molecule has 2 aromatic rings. The summed E-state index contributed by atoms with van der Waals surface area (Å²) in [6.45, 7) is 7.06. The maximum atomic E-state index is 12.3. The van der Waals surface area contributed by atoms with Gasteiger partial charge in [-0.05, 0) is 50.7 Å². The minimum absolute atomic E-state index is 0.200. The summed E-state index contributed by atoms with van der Waals surface area (Å²) in [5.74, 6) is -0.200. The lowest BCUT2D eigenvalue weighted by Crippen LogP contribution is -2.33. The molecule has 0 bridgehead atoms. The van der Waals surface area contributed by atoms with Crippen molar-refractivity contribution in [2.45, 2.75) is 26.4 Å². The Balaban J connectivity index is 1.88. The van der Waals surface area contributed by atoms with Gasteiger partial charge in [-0.15, -0.1) is 0 Å². The monoisotopic (exact) mass is 359 g/mol. The van der Waals surface area contributed by atoms with Gasteiger partial charge in [-0.25, -0.2) is 0 Å². The van der Waals surface area contributed by atoms with Crippen molar-refractivity contribution >= 4 is 23.2 Å². The molecule has 0 aliphatic carbocycles. The number of halogens is 1. The van der Waals surface area contributed by atoms with Crippen LogP contribution >= 0.6 is 11.6 Å². The molecule has 0 aliphatic heterocycles. The summed E-state index contributed by atoms with van der Waals surface area (Å²) >= 11 is 6.07. The molecule has 0 saturated heterocycles. The molecule has 0 spiro atoms. The van der Waals surface area contributed by atoms with E-state index in [-0.39, 0.29) is 5.91 Å². The van der Waals surface area contributed by atoms with E-state index in [0.29, 0.717) is 16.6 Å². The molecule has 0 heterocycles. The summed E-state index contributed by atoms with van der Waals surface area (Å²) in [7, 11) is 2.12. The van der Waals surface area contributed by atoms with E-state index in [1.54, 1.807) is 18.2 Å². The lowest BCUT2D eigenvalue weighted by Gasteiger charge is -2.21. The molecule has 25 heavy (non-hydrogen) atoms. The molecule has 2 rings (SSSR count). The molecule has 2 N–H and O–H groups in total. The number of nitrogens with one attached hydrogen (secondary N) is 2. The van der Waals surface area contributed by atoms with E-state index in [2.05, 4.69) is 36.4 Å². The lowest BCUT2D eigenvalue weighted by atomic mass is 10.1. The zero-order valence-electron chi connectivity index (χ0n) is 15.1. The van der Waals surface area contributed by atoms with Crippen LogP contribution in [0.5, 0.6) is 0 Å². The summed E-state index contributed by atoms with van der Waals surface area (Å²) in [4.78, 5) is 14.6. The topological polar surface area (TPSA) is 44.4 Å². The fourth-order valence-corrected chi connectivity index (χ4v) is 2.57. The molecule has 0 atom stereocenters. The van der Waals surface area contributed by atoms with Gasteiger partial charge in [0.2, 0.25) is 0 Å². The maximum Gasteiger partial charge on any atom is 0.257 e. The second-order valence-corrected chi connectivity index (χ2v) is 6.79. The second kappa shape index (κ2) is 9.56. The number of carbonyl (C=O) groups excluding carboxylic acids is 1. The summed E-state index contributed by atoms with van der Waals surface area (Å²) in [6, 6.07) is 15.4. The molecule has 1 amide bonds. The van der Waals surface area contributed by atoms with Crippen molar-refractivity contribution in [3.05, 3.63) is 64.7 Å². The molecule has 0 fully saturated rings. The van der Waals surface area contributed by atoms with Gasteiger partial charge in [0.1, 0.15) is 0 Å². The first-order chi connectivity index (χ1) is 12.0. The van der Waals surface area contributed by atoms with E-state index in [0.717, 1.165) is 30.9 Å². The Kier molecular flexibility index (Phi) is 7.44. The van der Waals surface area contributed by atoms with Crippen molar-refractivity contribution < 1.29 is 4.79 Å². The van der Waals surface area contributed by atoms with Crippen molar-refractivity contribution in [1.82, 2.24) is 10.2 Å². The van der Waals surface area contributed by atoms with Crippen LogP contribution < -0.4 is 10.6 Å². The number of amides is 1. The highest BCUT2D eigenvalue weighted by molar-refractivity contribution is 6.34. The van der Waals surface area contributed by atoms with Gasteiger partial charge < -0.3 is 15.5 Å². The van der Waals surface area contributed by atoms with Crippen molar-refractivity contribution in [3.8, 4) is 0 Å². The molecule has 5 heteroatoms. The molecule has 4 nitrogen and oxygen atoms in total. The van der Waals surface area contributed by atoms with Crippen molar-refractivity contribution in [2.75, 3.05) is 25.5 Å². The molecule has 134 valence electrons. The molecule has 0 unspecified atom stereocenters. The molecule has 0 radical (unpaired) electrons. The van der Waals surface area contributed by atoms with Gasteiger partial charge in [-0.2, -0.15) is 0 Å². The highest BCUT2D eigenvalue weighted by atomic mass is 35.5. The fraction of sp³-hybridized carbons (Fsp3) is 0.350. The number of carbonyl (C=O) groups is 1. The second-order valence-electron chi connectivity index (χ2n) is 6.39. The van der Waals surface area contributed by atoms with Gasteiger partial charge >= 0.3 is 0 Å². The predicted octanol–water partition coefficient (Wildman–Crippen LogP) is 4.02. The molecule has 0 aliphatic rings. The number of nitrogens with zero attached hydrogens (tertiary/aromatic N) is 1. The molecule has 0 saturated carbocycles. The van der Waals surface area contributed by atoms with Crippen LogP contribution in [0, 0.1) is 0 Å². The van der Waals surface area contributed by atoms with Crippen LogP contribution in [0.25, 0.3) is 0 Å². The Hall–Kier alpha value is -1.88. The zero-order chi connectivity index (χ0) is 18.2. The average molecular weight is 360 g/mol. The van der Waals surface area contributed by atoms with Crippen LogP contribution in [0.3, 0.4) is 0 Å². The quantitative estimate of drug-likeness (QED) is 0.699. The van der Waals surface area contributed by atoms with Gasteiger partial charge in [-0.3, -0.25) is 4.79 Å². The number of benzene rings is 2. The van der Waals surface area contributed by atoms with Crippen LogP contribution in [-0.2, 0) is 6.54 Å². The van der Waals surface area contributed by atoms with Crippen LogP contribution in [-0.4, -0.2) is 37.0 Å². The third-order valence-electron chi connectivity index (χ3n) is 4.16. The van der Waals surface area contributed by atoms with Gasteiger partial charge in [0.05, 0.1) is 10.6 Å².